The average Bonchev–Trinajstić information content (AvgIpc) is 3.00. The molecule has 8 heteroatoms. The van der Waals surface area contributed by atoms with E-state index in [0.717, 1.165) is 33.5 Å². The SMILES string of the molecule is CSCC[C@H](NC(=O)c1ccc(CN(Cc2ccccc2)c2ccc(NC=O)cc2)cc1-c1ccccc1C)C(=O)O. The standard InChI is InChI=1S/C34H35N3O4S/c1-24-8-6-7-11-29(24)31-20-26(12-17-30(31)33(39)36-32(34(40)41)18-19-42-2)22-37(21-25-9-4-3-5-10-25)28-15-13-27(14-16-28)35-23-38/h3-17,20,23,32H,18-19,21-22H2,1-2H3,(H,35,38)(H,36,39)(H,40,41)/t32-/m0/s1. The normalized spacial score (nSPS) is 11.4. The quantitative estimate of drug-likeness (QED) is 0.150. The van der Waals surface area contributed by atoms with Gasteiger partial charge in [0.05, 0.1) is 0 Å². The monoisotopic (exact) mass is 581 g/mol. The zero-order valence-corrected chi connectivity index (χ0v) is 24.6. The number of aryl methyl sites for hydroxylation is 1. The number of hydrogen-bond acceptors (Lipinski definition) is 5. The first-order valence-corrected chi connectivity index (χ1v) is 15.1. The zero-order chi connectivity index (χ0) is 29.9. The zero-order valence-electron chi connectivity index (χ0n) is 23.7. The van der Waals surface area contributed by atoms with Gasteiger partial charge in [-0.2, -0.15) is 11.8 Å². The van der Waals surface area contributed by atoms with Crippen LogP contribution in [0.15, 0.2) is 97.1 Å². The summed E-state index contributed by atoms with van der Waals surface area (Å²) in [7, 11) is 0. The molecule has 0 aliphatic rings. The largest absolute Gasteiger partial charge is 0.480 e. The molecule has 0 radical (unpaired) electrons. The van der Waals surface area contributed by atoms with Gasteiger partial charge in [0.2, 0.25) is 6.41 Å². The molecule has 4 rings (SSSR count). The van der Waals surface area contributed by atoms with Gasteiger partial charge in [0, 0.05) is 30.0 Å². The van der Waals surface area contributed by atoms with Crippen molar-refractivity contribution in [3.05, 3.63) is 119 Å². The lowest BCUT2D eigenvalue weighted by atomic mass is 9.93. The van der Waals surface area contributed by atoms with Gasteiger partial charge in [-0.3, -0.25) is 9.59 Å². The minimum atomic E-state index is -1.04. The van der Waals surface area contributed by atoms with Crippen molar-refractivity contribution < 1.29 is 19.5 Å². The van der Waals surface area contributed by atoms with E-state index in [0.29, 0.717) is 42.9 Å². The molecule has 0 aromatic heterocycles. The second kappa shape index (κ2) is 14.9. The van der Waals surface area contributed by atoms with Crippen LogP contribution in [0.25, 0.3) is 11.1 Å². The fraction of sp³-hybridized carbons (Fsp3) is 0.206. The molecule has 0 unspecified atom stereocenters. The Morgan fingerprint density at radius 1 is 0.881 bits per heavy atom. The van der Waals surface area contributed by atoms with Gasteiger partial charge in [-0.05, 0) is 89.6 Å². The van der Waals surface area contributed by atoms with Gasteiger partial charge in [0.15, 0.2) is 0 Å². The Morgan fingerprint density at radius 3 is 2.24 bits per heavy atom. The highest BCUT2D eigenvalue weighted by atomic mass is 32.2. The molecule has 0 aliphatic heterocycles. The fourth-order valence-corrected chi connectivity index (χ4v) is 5.29. The molecule has 216 valence electrons. The van der Waals surface area contributed by atoms with Gasteiger partial charge in [0.25, 0.3) is 5.91 Å². The number of benzene rings is 4. The summed E-state index contributed by atoms with van der Waals surface area (Å²) in [4.78, 5) is 38.5. The third-order valence-electron chi connectivity index (χ3n) is 7.03. The van der Waals surface area contributed by atoms with Crippen molar-refractivity contribution in [1.82, 2.24) is 5.32 Å². The maximum atomic E-state index is 13.5. The number of aliphatic carboxylic acids is 1. The second-order valence-electron chi connectivity index (χ2n) is 9.99. The van der Waals surface area contributed by atoms with Crippen LogP contribution in [0.3, 0.4) is 0 Å². The van der Waals surface area contributed by atoms with E-state index in [1.54, 1.807) is 17.8 Å². The number of nitrogens with one attached hydrogen (secondary N) is 2. The number of carboxylic acid groups (broad SMARTS) is 1. The topological polar surface area (TPSA) is 98.7 Å². The molecule has 0 saturated heterocycles. The van der Waals surface area contributed by atoms with Crippen molar-refractivity contribution in [1.29, 1.82) is 0 Å². The molecule has 4 aromatic rings. The Hall–Kier alpha value is -4.56. The van der Waals surface area contributed by atoms with E-state index in [-0.39, 0.29) is 0 Å². The van der Waals surface area contributed by atoms with Crippen LogP contribution in [0.1, 0.15) is 33.5 Å². The van der Waals surface area contributed by atoms with Crippen molar-refractivity contribution in [2.45, 2.75) is 32.5 Å². The highest BCUT2D eigenvalue weighted by molar-refractivity contribution is 7.98. The molecule has 4 aromatic carbocycles. The van der Waals surface area contributed by atoms with Gasteiger partial charge in [-0.25, -0.2) is 4.79 Å². The Kier molecular flexibility index (Phi) is 10.8. The van der Waals surface area contributed by atoms with Crippen LogP contribution in [0, 0.1) is 6.92 Å². The molecule has 2 amide bonds. The Balaban J connectivity index is 1.71. The Bertz CT molecular complexity index is 1510. The van der Waals surface area contributed by atoms with Crippen molar-refractivity contribution in [3.8, 4) is 11.1 Å². The average molecular weight is 582 g/mol. The molecule has 1 atom stereocenters. The molecule has 0 fully saturated rings. The third kappa shape index (κ3) is 8.01. The van der Waals surface area contributed by atoms with E-state index in [1.807, 2.05) is 92.0 Å². The highest BCUT2D eigenvalue weighted by Crippen LogP contribution is 2.30. The number of carbonyl (C=O) groups excluding carboxylic acids is 2. The van der Waals surface area contributed by atoms with E-state index < -0.39 is 17.9 Å². The summed E-state index contributed by atoms with van der Waals surface area (Å²) in [5.74, 6) is -0.824. The van der Waals surface area contributed by atoms with Crippen LogP contribution >= 0.6 is 11.8 Å². The van der Waals surface area contributed by atoms with Crippen molar-refractivity contribution in [3.63, 3.8) is 0 Å². The molecule has 42 heavy (non-hydrogen) atoms. The molecule has 0 bridgehead atoms. The molecule has 7 nitrogen and oxygen atoms in total. The molecule has 0 spiro atoms. The van der Waals surface area contributed by atoms with Crippen molar-refractivity contribution >= 4 is 41.4 Å². The first kappa shape index (κ1) is 30.4. The lowest BCUT2D eigenvalue weighted by Gasteiger charge is -2.26. The summed E-state index contributed by atoms with van der Waals surface area (Å²) in [6.07, 6.45) is 2.91. The van der Waals surface area contributed by atoms with Gasteiger partial charge in [0.1, 0.15) is 6.04 Å². The predicted octanol–water partition coefficient (Wildman–Crippen LogP) is 6.37. The maximum absolute atomic E-state index is 13.5. The summed E-state index contributed by atoms with van der Waals surface area (Å²) in [5, 5.41) is 15.1. The fourth-order valence-electron chi connectivity index (χ4n) is 4.81. The Labute approximate surface area is 251 Å². The number of anilines is 2. The summed E-state index contributed by atoms with van der Waals surface area (Å²) in [6.45, 7) is 3.21. The van der Waals surface area contributed by atoms with Crippen LogP contribution in [-0.4, -0.2) is 41.4 Å². The number of carbonyl (C=O) groups is 3. The predicted molar refractivity (Wildman–Crippen MR) is 171 cm³/mol. The first-order chi connectivity index (χ1) is 20.4. The number of amides is 2. The first-order valence-electron chi connectivity index (χ1n) is 13.7. The van der Waals surface area contributed by atoms with E-state index in [4.69, 9.17) is 0 Å². The number of hydrogen-bond donors (Lipinski definition) is 3. The van der Waals surface area contributed by atoms with Crippen molar-refractivity contribution in [2.24, 2.45) is 0 Å². The van der Waals surface area contributed by atoms with Crippen LogP contribution < -0.4 is 15.5 Å². The Morgan fingerprint density at radius 2 is 1.57 bits per heavy atom. The van der Waals surface area contributed by atoms with Gasteiger partial charge in [-0.1, -0.05) is 60.7 Å². The molecule has 0 saturated carbocycles. The van der Waals surface area contributed by atoms with Gasteiger partial charge >= 0.3 is 5.97 Å². The summed E-state index contributed by atoms with van der Waals surface area (Å²) >= 11 is 1.54. The number of nitrogens with zero attached hydrogens (tertiary/aromatic N) is 1. The van der Waals surface area contributed by atoms with Crippen LogP contribution in [0.2, 0.25) is 0 Å². The minimum absolute atomic E-state index is 0.343. The van der Waals surface area contributed by atoms with Gasteiger partial charge < -0.3 is 20.6 Å². The van der Waals surface area contributed by atoms with E-state index in [9.17, 15) is 19.5 Å². The summed E-state index contributed by atoms with van der Waals surface area (Å²) in [6, 6.07) is 30.5. The van der Waals surface area contributed by atoms with E-state index >= 15 is 0 Å². The number of carboxylic acids is 1. The minimum Gasteiger partial charge on any atom is -0.480 e. The number of rotatable bonds is 14. The van der Waals surface area contributed by atoms with Gasteiger partial charge in [-0.15, -0.1) is 0 Å². The maximum Gasteiger partial charge on any atom is 0.326 e. The molecule has 3 N–H and O–H groups in total. The number of thioether (sulfide) groups is 1. The van der Waals surface area contributed by atoms with Crippen LogP contribution in [-0.2, 0) is 22.7 Å². The molecule has 0 heterocycles. The lowest BCUT2D eigenvalue weighted by molar-refractivity contribution is -0.139. The van der Waals surface area contributed by atoms with Crippen LogP contribution in [0.4, 0.5) is 11.4 Å². The smallest absolute Gasteiger partial charge is 0.326 e. The summed E-state index contributed by atoms with van der Waals surface area (Å²) < 4.78 is 0. The van der Waals surface area contributed by atoms with E-state index in [1.165, 1.54) is 0 Å². The lowest BCUT2D eigenvalue weighted by Crippen LogP contribution is -2.41. The molecular formula is C34H35N3O4S. The van der Waals surface area contributed by atoms with E-state index in [2.05, 4.69) is 27.7 Å². The van der Waals surface area contributed by atoms with Crippen LogP contribution in [0.5, 0.6) is 0 Å². The van der Waals surface area contributed by atoms with Crippen molar-refractivity contribution in [2.75, 3.05) is 22.2 Å². The third-order valence-corrected chi connectivity index (χ3v) is 7.67. The summed E-state index contributed by atoms with van der Waals surface area (Å²) in [5.41, 5.74) is 6.94. The second-order valence-corrected chi connectivity index (χ2v) is 11.0. The highest BCUT2D eigenvalue weighted by Gasteiger charge is 2.23. The molecule has 0 aliphatic carbocycles. The molecular weight excluding hydrogens is 546 g/mol.